The number of aliphatic hydroxyl groups excluding tert-OH is 1. The van der Waals surface area contributed by atoms with Crippen LogP contribution in [0.15, 0.2) is 46.7 Å². The van der Waals surface area contributed by atoms with Gasteiger partial charge in [-0.25, -0.2) is 12.8 Å². The highest BCUT2D eigenvalue weighted by molar-refractivity contribution is 7.89. The Kier molecular flexibility index (Phi) is 6.96. The Morgan fingerprint density at radius 2 is 1.85 bits per heavy atom. The van der Waals surface area contributed by atoms with Crippen molar-refractivity contribution in [1.82, 2.24) is 9.21 Å². The third-order valence-corrected chi connectivity index (χ3v) is 7.15. The average molecular weight is 415 g/mol. The first-order valence-corrected chi connectivity index (χ1v) is 11.0. The van der Waals surface area contributed by atoms with Crippen LogP contribution in [0, 0.1) is 5.82 Å². The van der Waals surface area contributed by atoms with Gasteiger partial charge < -0.3 is 9.84 Å². The number of thiophene rings is 1. The van der Waals surface area contributed by atoms with Crippen LogP contribution in [0.5, 0.6) is 0 Å². The second-order valence-corrected chi connectivity index (χ2v) is 9.38. The molecule has 3 rings (SSSR count). The molecule has 0 amide bonds. The van der Waals surface area contributed by atoms with Crippen molar-refractivity contribution in [1.29, 1.82) is 0 Å². The Labute approximate surface area is 162 Å². The van der Waals surface area contributed by atoms with Gasteiger partial charge in [0.1, 0.15) is 5.82 Å². The van der Waals surface area contributed by atoms with Gasteiger partial charge in [-0.05, 0) is 35.7 Å². The smallest absolute Gasteiger partial charge is 0.243 e. The molecule has 1 fully saturated rings. The molecule has 1 aliphatic rings. The zero-order chi connectivity index (χ0) is 19.3. The summed E-state index contributed by atoms with van der Waals surface area (Å²) < 4.78 is 45.1. The normalized spacial score (nSPS) is 17.9. The van der Waals surface area contributed by atoms with E-state index in [1.54, 1.807) is 11.3 Å². The highest BCUT2D eigenvalue weighted by Crippen LogP contribution is 2.18. The summed E-state index contributed by atoms with van der Waals surface area (Å²) >= 11 is 1.61. The predicted octanol–water partition coefficient (Wildman–Crippen LogP) is 1.77. The van der Waals surface area contributed by atoms with Crippen LogP contribution in [0.1, 0.15) is 4.88 Å². The summed E-state index contributed by atoms with van der Waals surface area (Å²) in [6.45, 7) is 2.90. The summed E-state index contributed by atoms with van der Waals surface area (Å²) in [4.78, 5) is 3.23. The van der Waals surface area contributed by atoms with E-state index < -0.39 is 21.9 Å². The van der Waals surface area contributed by atoms with Gasteiger partial charge in [0.2, 0.25) is 10.0 Å². The molecule has 0 unspecified atom stereocenters. The molecule has 1 aliphatic heterocycles. The Balaban J connectivity index is 1.43. The maximum atomic E-state index is 13.0. The van der Waals surface area contributed by atoms with E-state index in [2.05, 4.69) is 0 Å². The molecule has 0 bridgehead atoms. The zero-order valence-corrected chi connectivity index (χ0v) is 16.5. The molecule has 1 saturated heterocycles. The van der Waals surface area contributed by atoms with Crippen molar-refractivity contribution < 1.29 is 22.7 Å². The first-order valence-electron chi connectivity index (χ1n) is 8.71. The molecular formula is C18H23FN2O4S2. The number of piperazine rings is 1. The summed E-state index contributed by atoms with van der Waals surface area (Å²) in [5.74, 6) is -0.464. The molecule has 148 valence electrons. The van der Waals surface area contributed by atoms with E-state index in [4.69, 9.17) is 4.74 Å². The molecule has 1 N–H and O–H groups in total. The summed E-state index contributed by atoms with van der Waals surface area (Å²) in [5.41, 5.74) is 0. The number of sulfonamides is 1. The number of β-amino-alcohol motifs (C(OH)–C–C–N with tert-alkyl or cyclic N) is 1. The van der Waals surface area contributed by atoms with Crippen molar-refractivity contribution in [2.75, 3.05) is 39.3 Å². The summed E-state index contributed by atoms with van der Waals surface area (Å²) in [7, 11) is -3.62. The number of ether oxygens (including phenoxy) is 1. The minimum absolute atomic E-state index is 0.0966. The minimum Gasteiger partial charge on any atom is -0.389 e. The average Bonchev–Trinajstić information content (AvgIpc) is 3.16. The summed E-state index contributed by atoms with van der Waals surface area (Å²) in [6, 6.07) is 8.81. The third kappa shape index (κ3) is 5.56. The Morgan fingerprint density at radius 3 is 2.48 bits per heavy atom. The van der Waals surface area contributed by atoms with Gasteiger partial charge in [0, 0.05) is 37.6 Å². The summed E-state index contributed by atoms with van der Waals surface area (Å²) in [5, 5.41) is 12.1. The number of hydrogen-bond donors (Lipinski definition) is 1. The molecule has 2 heterocycles. The van der Waals surface area contributed by atoms with Gasteiger partial charge in [0.25, 0.3) is 0 Å². The van der Waals surface area contributed by atoms with Crippen molar-refractivity contribution >= 4 is 21.4 Å². The van der Waals surface area contributed by atoms with Crippen molar-refractivity contribution in [3.05, 3.63) is 52.5 Å². The van der Waals surface area contributed by atoms with Gasteiger partial charge in [-0.2, -0.15) is 4.31 Å². The lowest BCUT2D eigenvalue weighted by Gasteiger charge is -2.34. The van der Waals surface area contributed by atoms with Crippen LogP contribution in [0.25, 0.3) is 0 Å². The van der Waals surface area contributed by atoms with Crippen molar-refractivity contribution in [3.8, 4) is 0 Å². The van der Waals surface area contributed by atoms with E-state index >= 15 is 0 Å². The van der Waals surface area contributed by atoms with E-state index in [-0.39, 0.29) is 11.5 Å². The molecule has 2 aromatic rings. The molecule has 9 heteroatoms. The molecule has 1 atom stereocenters. The standard InChI is InChI=1S/C18H23FN2O4S2/c19-15-3-5-18(6-4-15)27(23,24)21-9-7-20(8-10-21)12-16(22)13-25-14-17-2-1-11-26-17/h1-6,11,16,22H,7-10,12-14H2/t16-/m1/s1. The molecule has 0 aliphatic carbocycles. The monoisotopic (exact) mass is 414 g/mol. The lowest BCUT2D eigenvalue weighted by atomic mass is 10.3. The van der Waals surface area contributed by atoms with Gasteiger partial charge >= 0.3 is 0 Å². The van der Waals surface area contributed by atoms with Crippen LogP contribution >= 0.6 is 11.3 Å². The number of rotatable bonds is 8. The first kappa shape index (κ1) is 20.4. The van der Waals surface area contributed by atoms with E-state index in [0.29, 0.717) is 39.3 Å². The third-order valence-electron chi connectivity index (χ3n) is 4.39. The fourth-order valence-corrected chi connectivity index (χ4v) is 5.01. The van der Waals surface area contributed by atoms with Crippen LogP contribution in [0.4, 0.5) is 4.39 Å². The van der Waals surface area contributed by atoms with E-state index in [0.717, 1.165) is 17.0 Å². The zero-order valence-electron chi connectivity index (χ0n) is 14.8. The molecular weight excluding hydrogens is 391 g/mol. The maximum absolute atomic E-state index is 13.0. The second kappa shape index (κ2) is 9.22. The SMILES string of the molecule is O=S(=O)(c1ccc(F)cc1)N1CCN(C[C@@H](O)COCc2cccs2)CC1. The Morgan fingerprint density at radius 1 is 1.15 bits per heavy atom. The number of nitrogens with zero attached hydrogens (tertiary/aromatic N) is 2. The van der Waals surface area contributed by atoms with Crippen LogP contribution in [0.3, 0.4) is 0 Å². The van der Waals surface area contributed by atoms with E-state index in [9.17, 15) is 17.9 Å². The second-order valence-electron chi connectivity index (χ2n) is 6.41. The quantitative estimate of drug-likeness (QED) is 0.713. The topological polar surface area (TPSA) is 70.1 Å². The Hall–Kier alpha value is -1.36. The molecule has 0 radical (unpaired) electrons. The number of hydrogen-bond acceptors (Lipinski definition) is 6. The van der Waals surface area contributed by atoms with Crippen LogP contribution in [0.2, 0.25) is 0 Å². The lowest BCUT2D eigenvalue weighted by Crippen LogP contribution is -2.50. The molecule has 27 heavy (non-hydrogen) atoms. The van der Waals surface area contributed by atoms with Crippen LogP contribution < -0.4 is 0 Å². The molecule has 1 aromatic heterocycles. The van der Waals surface area contributed by atoms with Gasteiger partial charge in [0.05, 0.1) is 24.2 Å². The highest BCUT2D eigenvalue weighted by atomic mass is 32.2. The minimum atomic E-state index is -3.62. The van der Waals surface area contributed by atoms with Crippen LogP contribution in [-0.4, -0.2) is 68.2 Å². The molecule has 1 aromatic carbocycles. The van der Waals surface area contributed by atoms with Gasteiger partial charge in [-0.15, -0.1) is 11.3 Å². The van der Waals surface area contributed by atoms with E-state index in [1.807, 2.05) is 22.4 Å². The maximum Gasteiger partial charge on any atom is 0.243 e. The first-order chi connectivity index (χ1) is 12.9. The van der Waals surface area contributed by atoms with Crippen LogP contribution in [-0.2, 0) is 21.4 Å². The number of halogens is 1. The molecule has 0 spiro atoms. The Bertz CT molecular complexity index is 804. The lowest BCUT2D eigenvalue weighted by molar-refractivity contribution is 0.00611. The molecule has 6 nitrogen and oxygen atoms in total. The number of benzene rings is 1. The fraction of sp³-hybridized carbons (Fsp3) is 0.444. The fourth-order valence-electron chi connectivity index (χ4n) is 2.95. The highest BCUT2D eigenvalue weighted by Gasteiger charge is 2.29. The van der Waals surface area contributed by atoms with Gasteiger partial charge in [0.15, 0.2) is 0 Å². The predicted molar refractivity (Wildman–Crippen MR) is 102 cm³/mol. The summed E-state index contributed by atoms with van der Waals surface area (Å²) in [6.07, 6.45) is -0.620. The van der Waals surface area contributed by atoms with Gasteiger partial charge in [-0.3, -0.25) is 4.90 Å². The van der Waals surface area contributed by atoms with Crippen molar-refractivity contribution in [3.63, 3.8) is 0 Å². The largest absolute Gasteiger partial charge is 0.389 e. The molecule has 0 saturated carbocycles. The van der Waals surface area contributed by atoms with E-state index in [1.165, 1.54) is 16.4 Å². The van der Waals surface area contributed by atoms with Crippen molar-refractivity contribution in [2.24, 2.45) is 0 Å². The number of aliphatic hydroxyl groups is 1. The van der Waals surface area contributed by atoms with Crippen molar-refractivity contribution in [2.45, 2.75) is 17.6 Å². The van der Waals surface area contributed by atoms with Gasteiger partial charge in [-0.1, -0.05) is 6.07 Å².